The first-order chi connectivity index (χ1) is 12.5. The predicted molar refractivity (Wildman–Crippen MR) is 97.6 cm³/mol. The second-order valence-corrected chi connectivity index (χ2v) is 5.88. The minimum absolute atomic E-state index is 0.239. The van der Waals surface area contributed by atoms with Crippen LogP contribution in [-0.4, -0.2) is 28.5 Å². The fraction of sp³-hybridized carbons (Fsp3) is 0.158. The van der Waals surface area contributed by atoms with Crippen LogP contribution in [0.4, 0.5) is 5.82 Å². The molecule has 132 valence electrons. The van der Waals surface area contributed by atoms with Gasteiger partial charge < -0.3 is 26.3 Å². The number of hydrogen-bond donors (Lipinski definition) is 4. The molecule has 7 heteroatoms. The van der Waals surface area contributed by atoms with Crippen LogP contribution in [0.15, 0.2) is 42.5 Å². The molecule has 0 fully saturated rings. The number of ketones is 1. The molecule has 0 amide bonds. The number of nitriles is 1. The molecule has 1 heterocycles. The van der Waals surface area contributed by atoms with Crippen LogP contribution >= 0.6 is 0 Å². The first-order valence-electron chi connectivity index (χ1n) is 7.97. The van der Waals surface area contributed by atoms with Gasteiger partial charge in [0.05, 0.1) is 12.6 Å². The lowest BCUT2D eigenvalue weighted by Crippen LogP contribution is -2.34. The summed E-state index contributed by atoms with van der Waals surface area (Å²) in [6.07, 6.45) is 0. The number of aliphatic hydroxyl groups excluding tert-OH is 1. The Morgan fingerprint density at radius 2 is 2.12 bits per heavy atom. The Labute approximate surface area is 149 Å². The number of carbonyl (C=O) groups excluding carboxylic acids is 1. The number of H-pyrrole nitrogens is 1. The summed E-state index contributed by atoms with van der Waals surface area (Å²) >= 11 is 0. The highest BCUT2D eigenvalue weighted by Crippen LogP contribution is 2.27. The van der Waals surface area contributed by atoms with Gasteiger partial charge in [-0.05, 0) is 29.8 Å². The van der Waals surface area contributed by atoms with Gasteiger partial charge in [0.25, 0.3) is 0 Å². The van der Waals surface area contributed by atoms with Gasteiger partial charge in [-0.1, -0.05) is 18.2 Å². The van der Waals surface area contributed by atoms with Crippen molar-refractivity contribution < 1.29 is 14.6 Å². The molecular formula is C19H18N4O3. The molecule has 0 bridgehead atoms. The second-order valence-electron chi connectivity index (χ2n) is 5.88. The quantitative estimate of drug-likeness (QED) is 0.499. The van der Waals surface area contributed by atoms with E-state index in [-0.39, 0.29) is 12.4 Å². The fourth-order valence-electron chi connectivity index (χ4n) is 2.68. The Morgan fingerprint density at radius 3 is 2.85 bits per heavy atom. The third-order valence-electron chi connectivity index (χ3n) is 4.06. The highest BCUT2D eigenvalue weighted by molar-refractivity contribution is 6.00. The topological polar surface area (TPSA) is 138 Å². The highest BCUT2D eigenvalue weighted by atomic mass is 16.5. The summed E-state index contributed by atoms with van der Waals surface area (Å²) in [6.45, 7) is -0.163. The standard InChI is InChI=1S/C19H18N4O3/c20-8-15-14-7-13(4-5-17(14)23-19(15)22)26-10-11-2-1-3-12(6-11)18(25)16(21)9-24/h1-7,16,23-24H,9-10,21-22H2/t16-/m0/s1. The number of carbonyl (C=O) groups is 1. The van der Waals surface area contributed by atoms with Crippen LogP contribution in [0.3, 0.4) is 0 Å². The molecule has 0 aliphatic rings. The number of rotatable bonds is 6. The molecule has 0 spiro atoms. The van der Waals surface area contributed by atoms with Crippen LogP contribution < -0.4 is 16.2 Å². The Bertz CT molecular complexity index is 1000. The number of aromatic nitrogens is 1. The minimum atomic E-state index is -0.933. The Balaban J connectivity index is 1.78. The molecule has 0 aliphatic heterocycles. The number of nitrogens with zero attached hydrogens (tertiary/aromatic N) is 1. The zero-order valence-corrected chi connectivity index (χ0v) is 13.9. The number of aliphatic hydroxyl groups is 1. The summed E-state index contributed by atoms with van der Waals surface area (Å²) in [4.78, 5) is 15.0. The molecule has 26 heavy (non-hydrogen) atoms. The van der Waals surface area contributed by atoms with Crippen molar-refractivity contribution in [2.45, 2.75) is 12.6 Å². The number of Topliss-reactive ketones (excluding diaryl/α,β-unsaturated/α-hetero) is 1. The molecule has 0 radical (unpaired) electrons. The van der Waals surface area contributed by atoms with E-state index in [1.807, 2.05) is 6.07 Å². The number of benzene rings is 2. The summed E-state index contributed by atoms with van der Waals surface area (Å²) < 4.78 is 5.77. The number of nitrogen functional groups attached to an aromatic ring is 1. The smallest absolute Gasteiger partial charge is 0.181 e. The number of aromatic amines is 1. The van der Waals surface area contributed by atoms with Crippen LogP contribution in [0.2, 0.25) is 0 Å². The van der Waals surface area contributed by atoms with Crippen molar-refractivity contribution in [2.75, 3.05) is 12.3 Å². The molecule has 0 aliphatic carbocycles. The lowest BCUT2D eigenvalue weighted by Gasteiger charge is -2.10. The maximum Gasteiger partial charge on any atom is 0.181 e. The largest absolute Gasteiger partial charge is 0.489 e. The van der Waals surface area contributed by atoms with Gasteiger partial charge in [0.2, 0.25) is 0 Å². The molecule has 3 aromatic rings. The number of fused-ring (bicyclic) bond motifs is 1. The van der Waals surface area contributed by atoms with E-state index in [4.69, 9.17) is 21.3 Å². The Morgan fingerprint density at radius 1 is 1.31 bits per heavy atom. The van der Waals surface area contributed by atoms with Gasteiger partial charge in [-0.2, -0.15) is 5.26 Å². The monoisotopic (exact) mass is 350 g/mol. The van der Waals surface area contributed by atoms with Gasteiger partial charge >= 0.3 is 0 Å². The molecule has 2 aromatic carbocycles. The molecule has 1 atom stereocenters. The molecule has 0 unspecified atom stereocenters. The fourth-order valence-corrected chi connectivity index (χ4v) is 2.68. The van der Waals surface area contributed by atoms with Gasteiger partial charge in [-0.25, -0.2) is 0 Å². The van der Waals surface area contributed by atoms with Gasteiger partial charge in [-0.15, -0.1) is 0 Å². The third kappa shape index (κ3) is 3.37. The molecule has 0 saturated carbocycles. The van der Waals surface area contributed by atoms with Crippen LogP contribution in [0, 0.1) is 11.3 Å². The summed E-state index contributed by atoms with van der Waals surface area (Å²) in [5, 5.41) is 18.9. The average Bonchev–Trinajstić information content (AvgIpc) is 2.99. The maximum atomic E-state index is 12.0. The van der Waals surface area contributed by atoms with E-state index in [9.17, 15) is 10.1 Å². The lowest BCUT2D eigenvalue weighted by molar-refractivity contribution is 0.0925. The van der Waals surface area contributed by atoms with Crippen molar-refractivity contribution in [2.24, 2.45) is 5.73 Å². The summed E-state index contributed by atoms with van der Waals surface area (Å²) in [7, 11) is 0. The number of ether oxygens (including phenoxy) is 1. The van der Waals surface area contributed by atoms with E-state index in [1.165, 1.54) is 0 Å². The highest BCUT2D eigenvalue weighted by Gasteiger charge is 2.15. The van der Waals surface area contributed by atoms with E-state index >= 15 is 0 Å². The molecule has 3 rings (SSSR count). The second kappa shape index (κ2) is 7.27. The summed E-state index contributed by atoms with van der Waals surface area (Å²) in [5.74, 6) is 0.583. The Kier molecular flexibility index (Phi) is 4.89. The van der Waals surface area contributed by atoms with E-state index in [0.29, 0.717) is 28.1 Å². The summed E-state index contributed by atoms with van der Waals surface area (Å²) in [5.41, 5.74) is 13.7. The van der Waals surface area contributed by atoms with Crippen LogP contribution in [0.1, 0.15) is 21.5 Å². The molecular weight excluding hydrogens is 332 g/mol. The normalized spacial score (nSPS) is 11.9. The molecule has 0 saturated heterocycles. The van der Waals surface area contributed by atoms with E-state index in [0.717, 1.165) is 11.1 Å². The molecule has 6 N–H and O–H groups in total. The van der Waals surface area contributed by atoms with Crippen molar-refractivity contribution in [1.82, 2.24) is 4.98 Å². The van der Waals surface area contributed by atoms with E-state index in [2.05, 4.69) is 11.1 Å². The van der Waals surface area contributed by atoms with Crippen LogP contribution in [0.5, 0.6) is 5.75 Å². The molecule has 7 nitrogen and oxygen atoms in total. The molecule has 1 aromatic heterocycles. The average molecular weight is 350 g/mol. The van der Waals surface area contributed by atoms with Gasteiger partial charge in [-0.3, -0.25) is 4.79 Å². The van der Waals surface area contributed by atoms with Gasteiger partial charge in [0, 0.05) is 16.5 Å². The number of nitrogens with two attached hydrogens (primary N) is 2. The number of nitrogens with one attached hydrogen (secondary N) is 1. The lowest BCUT2D eigenvalue weighted by atomic mass is 10.0. The van der Waals surface area contributed by atoms with Crippen LogP contribution in [-0.2, 0) is 6.61 Å². The first-order valence-corrected chi connectivity index (χ1v) is 7.97. The van der Waals surface area contributed by atoms with Crippen molar-refractivity contribution >= 4 is 22.5 Å². The van der Waals surface area contributed by atoms with Crippen molar-refractivity contribution in [1.29, 1.82) is 5.26 Å². The van der Waals surface area contributed by atoms with Crippen molar-refractivity contribution in [3.63, 3.8) is 0 Å². The SMILES string of the molecule is N#Cc1c(N)[nH]c2ccc(OCc3cccc(C(=O)[C@@H](N)CO)c3)cc12. The van der Waals surface area contributed by atoms with E-state index in [1.54, 1.807) is 36.4 Å². The number of hydrogen-bond acceptors (Lipinski definition) is 6. The zero-order chi connectivity index (χ0) is 18.7. The summed E-state index contributed by atoms with van der Waals surface area (Å²) in [6, 6.07) is 13.4. The first kappa shape index (κ1) is 17.5. The number of anilines is 1. The van der Waals surface area contributed by atoms with Crippen molar-refractivity contribution in [3.05, 3.63) is 59.2 Å². The van der Waals surface area contributed by atoms with Gasteiger partial charge in [0.15, 0.2) is 5.78 Å². The van der Waals surface area contributed by atoms with E-state index < -0.39 is 12.6 Å². The van der Waals surface area contributed by atoms with Crippen LogP contribution in [0.25, 0.3) is 10.9 Å². The minimum Gasteiger partial charge on any atom is -0.489 e. The predicted octanol–water partition coefficient (Wildman–Crippen LogP) is 1.70. The van der Waals surface area contributed by atoms with Crippen molar-refractivity contribution in [3.8, 4) is 11.8 Å². The maximum absolute atomic E-state index is 12.0. The zero-order valence-electron chi connectivity index (χ0n) is 13.9. The third-order valence-corrected chi connectivity index (χ3v) is 4.06. The van der Waals surface area contributed by atoms with Gasteiger partial charge in [0.1, 0.15) is 29.8 Å². The Hall–Kier alpha value is -3.34.